The smallest absolute Gasteiger partial charge is 0.227 e. The number of carbonyl (C=O) groups is 1. The van der Waals surface area contributed by atoms with Crippen LogP contribution in [0.5, 0.6) is 0 Å². The van der Waals surface area contributed by atoms with Crippen LogP contribution in [-0.4, -0.2) is 21.4 Å². The predicted octanol–water partition coefficient (Wildman–Crippen LogP) is 3.00. The molecule has 0 fully saturated rings. The standard InChI is InChI=1S/C17H22N2O/c1-14(2)19(13-15-7-5-4-6-8-15)17(20)11-16-9-10-18(3)12-16/h4-10,12,14H,11,13H2,1-3H3. The zero-order chi connectivity index (χ0) is 14.5. The summed E-state index contributed by atoms with van der Waals surface area (Å²) in [5, 5.41) is 0. The van der Waals surface area contributed by atoms with Crippen LogP contribution in [0.2, 0.25) is 0 Å². The van der Waals surface area contributed by atoms with Crippen LogP contribution in [0.1, 0.15) is 25.0 Å². The molecule has 0 saturated carbocycles. The normalized spacial score (nSPS) is 10.8. The first-order valence-corrected chi connectivity index (χ1v) is 7.00. The monoisotopic (exact) mass is 270 g/mol. The minimum Gasteiger partial charge on any atom is -0.357 e. The molecule has 3 heteroatoms. The van der Waals surface area contributed by atoms with Crippen LogP contribution in [0.15, 0.2) is 48.8 Å². The van der Waals surface area contributed by atoms with Crippen LogP contribution < -0.4 is 0 Å². The van der Waals surface area contributed by atoms with E-state index in [1.54, 1.807) is 0 Å². The Labute approximate surface area is 120 Å². The van der Waals surface area contributed by atoms with Gasteiger partial charge >= 0.3 is 0 Å². The van der Waals surface area contributed by atoms with Gasteiger partial charge in [-0.05, 0) is 31.0 Å². The molecule has 2 aromatic rings. The number of carbonyl (C=O) groups excluding carboxylic acids is 1. The van der Waals surface area contributed by atoms with E-state index in [1.165, 1.54) is 5.56 Å². The number of amides is 1. The molecule has 0 aliphatic carbocycles. The van der Waals surface area contributed by atoms with Crippen molar-refractivity contribution in [1.82, 2.24) is 9.47 Å². The van der Waals surface area contributed by atoms with Crippen LogP contribution in [0.3, 0.4) is 0 Å². The molecule has 106 valence electrons. The fourth-order valence-electron chi connectivity index (χ4n) is 2.28. The number of hydrogen-bond acceptors (Lipinski definition) is 1. The van der Waals surface area contributed by atoms with Gasteiger partial charge in [0.1, 0.15) is 0 Å². The highest BCUT2D eigenvalue weighted by molar-refractivity contribution is 5.79. The van der Waals surface area contributed by atoms with Crippen LogP contribution in [0, 0.1) is 0 Å². The van der Waals surface area contributed by atoms with Gasteiger partial charge in [-0.3, -0.25) is 4.79 Å². The molecule has 1 heterocycles. The van der Waals surface area contributed by atoms with Gasteiger partial charge < -0.3 is 9.47 Å². The maximum absolute atomic E-state index is 12.5. The number of aryl methyl sites for hydroxylation is 1. The average Bonchev–Trinajstić information content (AvgIpc) is 2.82. The van der Waals surface area contributed by atoms with Crippen molar-refractivity contribution in [2.75, 3.05) is 0 Å². The number of benzene rings is 1. The zero-order valence-electron chi connectivity index (χ0n) is 12.4. The number of nitrogens with zero attached hydrogens (tertiary/aromatic N) is 2. The molecule has 0 saturated heterocycles. The Morgan fingerprint density at radius 3 is 2.40 bits per heavy atom. The Morgan fingerprint density at radius 1 is 1.15 bits per heavy atom. The van der Waals surface area contributed by atoms with E-state index in [0.717, 1.165) is 5.56 Å². The largest absolute Gasteiger partial charge is 0.357 e. The topological polar surface area (TPSA) is 25.2 Å². The maximum Gasteiger partial charge on any atom is 0.227 e. The summed E-state index contributed by atoms with van der Waals surface area (Å²) in [6.07, 6.45) is 4.43. The molecule has 0 unspecified atom stereocenters. The second kappa shape index (κ2) is 6.42. The van der Waals surface area contributed by atoms with Gasteiger partial charge in [-0.1, -0.05) is 30.3 Å². The van der Waals surface area contributed by atoms with Gasteiger partial charge in [0.2, 0.25) is 5.91 Å². The SMILES string of the molecule is CC(C)N(Cc1ccccc1)C(=O)Cc1ccn(C)c1. The highest BCUT2D eigenvalue weighted by Gasteiger charge is 2.17. The van der Waals surface area contributed by atoms with Crippen molar-refractivity contribution in [2.45, 2.75) is 32.9 Å². The second-order valence-electron chi connectivity index (χ2n) is 5.46. The Bertz CT molecular complexity index is 557. The van der Waals surface area contributed by atoms with Gasteiger partial charge in [0.25, 0.3) is 0 Å². The van der Waals surface area contributed by atoms with Gasteiger partial charge in [0.15, 0.2) is 0 Å². The number of aromatic nitrogens is 1. The highest BCUT2D eigenvalue weighted by atomic mass is 16.2. The predicted molar refractivity (Wildman–Crippen MR) is 81.2 cm³/mol. The van der Waals surface area contributed by atoms with Gasteiger partial charge in [0, 0.05) is 32.0 Å². The summed E-state index contributed by atoms with van der Waals surface area (Å²) in [7, 11) is 1.97. The fraction of sp³-hybridized carbons (Fsp3) is 0.353. The molecule has 0 aliphatic heterocycles. The van der Waals surface area contributed by atoms with E-state index in [1.807, 2.05) is 53.2 Å². The zero-order valence-corrected chi connectivity index (χ0v) is 12.4. The van der Waals surface area contributed by atoms with Crippen LogP contribution in [0.4, 0.5) is 0 Å². The van der Waals surface area contributed by atoms with Crippen molar-refractivity contribution in [2.24, 2.45) is 7.05 Å². The molecule has 0 atom stereocenters. The summed E-state index contributed by atoms with van der Waals surface area (Å²) in [6.45, 7) is 4.79. The average molecular weight is 270 g/mol. The van der Waals surface area contributed by atoms with Crippen molar-refractivity contribution in [1.29, 1.82) is 0 Å². The third kappa shape index (κ3) is 3.73. The molecule has 0 radical (unpaired) electrons. The van der Waals surface area contributed by atoms with Crippen molar-refractivity contribution in [3.8, 4) is 0 Å². The van der Waals surface area contributed by atoms with Crippen LogP contribution in [0.25, 0.3) is 0 Å². The van der Waals surface area contributed by atoms with Gasteiger partial charge in [0.05, 0.1) is 6.42 Å². The Hall–Kier alpha value is -2.03. The van der Waals surface area contributed by atoms with E-state index < -0.39 is 0 Å². The lowest BCUT2D eigenvalue weighted by Crippen LogP contribution is -2.37. The molecule has 20 heavy (non-hydrogen) atoms. The summed E-state index contributed by atoms with van der Waals surface area (Å²) < 4.78 is 1.97. The van der Waals surface area contributed by atoms with E-state index in [9.17, 15) is 4.79 Å². The molecule has 0 aliphatic rings. The molecule has 2 rings (SSSR count). The molecule has 1 aromatic heterocycles. The first-order chi connectivity index (χ1) is 9.56. The minimum atomic E-state index is 0.176. The first-order valence-electron chi connectivity index (χ1n) is 7.00. The third-order valence-corrected chi connectivity index (χ3v) is 3.39. The molecule has 0 bridgehead atoms. The van der Waals surface area contributed by atoms with Crippen molar-refractivity contribution >= 4 is 5.91 Å². The summed E-state index contributed by atoms with van der Waals surface area (Å²) in [4.78, 5) is 14.4. The summed E-state index contributed by atoms with van der Waals surface area (Å²) in [5.41, 5.74) is 2.24. The van der Waals surface area contributed by atoms with Crippen molar-refractivity contribution < 1.29 is 4.79 Å². The van der Waals surface area contributed by atoms with E-state index in [2.05, 4.69) is 26.0 Å². The molecule has 1 amide bonds. The maximum atomic E-state index is 12.5. The van der Waals surface area contributed by atoms with Gasteiger partial charge in [-0.15, -0.1) is 0 Å². The number of rotatable bonds is 5. The summed E-state index contributed by atoms with van der Waals surface area (Å²) in [6, 6.07) is 12.3. The quantitative estimate of drug-likeness (QED) is 0.820. The van der Waals surface area contributed by atoms with E-state index in [0.29, 0.717) is 13.0 Å². The van der Waals surface area contributed by atoms with Crippen LogP contribution in [-0.2, 0) is 24.8 Å². The molecule has 0 spiro atoms. The van der Waals surface area contributed by atoms with E-state index in [4.69, 9.17) is 0 Å². The molecule has 0 N–H and O–H groups in total. The van der Waals surface area contributed by atoms with Gasteiger partial charge in [-0.2, -0.15) is 0 Å². The Balaban J connectivity index is 2.06. The lowest BCUT2D eigenvalue weighted by atomic mass is 10.1. The lowest BCUT2D eigenvalue weighted by Gasteiger charge is -2.27. The minimum absolute atomic E-state index is 0.176. The fourth-order valence-corrected chi connectivity index (χ4v) is 2.28. The lowest BCUT2D eigenvalue weighted by molar-refractivity contribution is -0.132. The molecule has 3 nitrogen and oxygen atoms in total. The highest BCUT2D eigenvalue weighted by Crippen LogP contribution is 2.11. The Morgan fingerprint density at radius 2 is 1.85 bits per heavy atom. The molecule has 1 aromatic carbocycles. The molecular formula is C17H22N2O. The van der Waals surface area contributed by atoms with E-state index >= 15 is 0 Å². The molecular weight excluding hydrogens is 248 g/mol. The van der Waals surface area contributed by atoms with Crippen molar-refractivity contribution in [3.05, 3.63) is 59.9 Å². The third-order valence-electron chi connectivity index (χ3n) is 3.39. The van der Waals surface area contributed by atoms with Gasteiger partial charge in [-0.25, -0.2) is 0 Å². The number of hydrogen-bond donors (Lipinski definition) is 0. The summed E-state index contributed by atoms with van der Waals surface area (Å²) >= 11 is 0. The van der Waals surface area contributed by atoms with Crippen molar-refractivity contribution in [3.63, 3.8) is 0 Å². The summed E-state index contributed by atoms with van der Waals surface area (Å²) in [5.74, 6) is 0.176. The first kappa shape index (κ1) is 14.4. The second-order valence-corrected chi connectivity index (χ2v) is 5.46. The van der Waals surface area contributed by atoms with Crippen LogP contribution >= 0.6 is 0 Å². The Kier molecular flexibility index (Phi) is 4.61. The van der Waals surface area contributed by atoms with E-state index in [-0.39, 0.29) is 11.9 Å².